The third-order valence-corrected chi connectivity index (χ3v) is 4.54. The Morgan fingerprint density at radius 1 is 1.00 bits per heavy atom. The van der Waals surface area contributed by atoms with Gasteiger partial charge in [0, 0.05) is 11.1 Å². The largest absolute Gasteiger partial charge is 1.00 e. The van der Waals surface area contributed by atoms with Gasteiger partial charge in [0.2, 0.25) is 12.5 Å². The van der Waals surface area contributed by atoms with E-state index < -0.39 is 10.4 Å². The van der Waals surface area contributed by atoms with E-state index in [1.807, 2.05) is 0 Å². The monoisotopic (exact) mass is 443 g/mol. The Kier molecular flexibility index (Phi) is 6.48. The van der Waals surface area contributed by atoms with E-state index in [4.69, 9.17) is 23.5 Å². The van der Waals surface area contributed by atoms with Gasteiger partial charge in [0.1, 0.15) is 0 Å². The number of aromatic nitrogens is 1. The van der Waals surface area contributed by atoms with Gasteiger partial charge in [-0.25, -0.2) is 8.42 Å². The maximum absolute atomic E-state index is 11.0. The number of nitrogens with zero attached hydrogens (tertiary/aromatic N) is 1. The van der Waals surface area contributed by atoms with E-state index in [-0.39, 0.29) is 47.8 Å². The van der Waals surface area contributed by atoms with Crippen molar-refractivity contribution in [3.05, 3.63) is 36.5 Å². The van der Waals surface area contributed by atoms with Crippen molar-refractivity contribution in [3.8, 4) is 51.2 Å². The summed E-state index contributed by atoms with van der Waals surface area (Å²) in [6.45, 7) is 0.0707. The molecule has 1 aliphatic rings. The van der Waals surface area contributed by atoms with Crippen molar-refractivity contribution in [2.75, 3.05) is 21.0 Å². The molecule has 0 saturated carbocycles. The second-order valence-corrected chi connectivity index (χ2v) is 6.82. The molecule has 12 heteroatoms. The van der Waals surface area contributed by atoms with Gasteiger partial charge in [-0.15, -0.1) is 0 Å². The molecule has 0 unspecified atom stereocenters. The van der Waals surface area contributed by atoms with Crippen LogP contribution >= 0.6 is 0 Å². The number of benzene rings is 2. The molecule has 0 N–H and O–H groups in total. The van der Waals surface area contributed by atoms with Crippen LogP contribution < -0.4 is 52.7 Å². The van der Waals surface area contributed by atoms with Gasteiger partial charge in [0.25, 0.3) is 10.4 Å². The molecular weight excluding hydrogens is 429 g/mol. The standard InChI is InChI=1S/C18H15NO9S.Na/c1-23-13-4-3-10(5-14(13)28-29(20,21)22)12-8-19-27-17(12)11-6-15(24-2)18-16(7-11)25-9-26-18;/h3-8H,9H2,1-2H3,(H,20,21,22);/q;+1/p-1. The predicted molar refractivity (Wildman–Crippen MR) is 96.9 cm³/mol. The molecule has 0 saturated heterocycles. The molecular formula is C18H14NNaO9S. The fourth-order valence-corrected chi connectivity index (χ4v) is 3.28. The molecule has 0 atom stereocenters. The Balaban J connectivity index is 0.00000256. The average Bonchev–Trinajstić information content (AvgIpc) is 3.35. The van der Waals surface area contributed by atoms with Crippen molar-refractivity contribution in [1.29, 1.82) is 0 Å². The quantitative estimate of drug-likeness (QED) is 0.282. The Morgan fingerprint density at radius 2 is 1.73 bits per heavy atom. The summed E-state index contributed by atoms with van der Waals surface area (Å²) in [5.74, 6) is 1.61. The minimum Gasteiger partial charge on any atom is -0.716 e. The Labute approximate surface area is 193 Å². The molecule has 2 heterocycles. The summed E-state index contributed by atoms with van der Waals surface area (Å²) in [5, 5.41) is 3.83. The third-order valence-electron chi connectivity index (χ3n) is 4.16. The Morgan fingerprint density at radius 3 is 2.43 bits per heavy atom. The predicted octanol–water partition coefficient (Wildman–Crippen LogP) is -0.402. The zero-order valence-corrected chi connectivity index (χ0v) is 19.0. The van der Waals surface area contributed by atoms with Crippen molar-refractivity contribution < 1.29 is 70.2 Å². The molecule has 0 aliphatic carbocycles. The first-order chi connectivity index (χ1) is 13.9. The van der Waals surface area contributed by atoms with Crippen LogP contribution in [0, 0.1) is 0 Å². The van der Waals surface area contributed by atoms with E-state index >= 15 is 0 Å². The molecule has 30 heavy (non-hydrogen) atoms. The normalized spacial score (nSPS) is 12.2. The van der Waals surface area contributed by atoms with Crippen LogP contribution in [0.4, 0.5) is 0 Å². The maximum Gasteiger partial charge on any atom is 1.00 e. The van der Waals surface area contributed by atoms with Crippen molar-refractivity contribution in [2.45, 2.75) is 0 Å². The number of hydrogen-bond donors (Lipinski definition) is 0. The topological polar surface area (TPSA) is 129 Å². The van der Waals surface area contributed by atoms with E-state index in [2.05, 4.69) is 9.34 Å². The van der Waals surface area contributed by atoms with E-state index in [1.54, 1.807) is 18.2 Å². The number of hydrogen-bond acceptors (Lipinski definition) is 10. The van der Waals surface area contributed by atoms with Crippen molar-refractivity contribution >= 4 is 10.4 Å². The molecule has 10 nitrogen and oxygen atoms in total. The molecule has 0 radical (unpaired) electrons. The molecule has 1 aliphatic heterocycles. The van der Waals surface area contributed by atoms with Crippen LogP contribution in [0.1, 0.15) is 0 Å². The van der Waals surface area contributed by atoms with Gasteiger partial charge in [-0.05, 0) is 29.8 Å². The molecule has 0 bridgehead atoms. The van der Waals surface area contributed by atoms with Crippen LogP contribution in [0.25, 0.3) is 22.5 Å². The van der Waals surface area contributed by atoms with E-state index in [1.165, 1.54) is 32.5 Å². The smallest absolute Gasteiger partial charge is 0.716 e. The zero-order valence-electron chi connectivity index (χ0n) is 16.2. The van der Waals surface area contributed by atoms with Crippen LogP contribution in [-0.2, 0) is 10.4 Å². The average molecular weight is 443 g/mol. The molecule has 0 amide bonds. The first-order valence-electron chi connectivity index (χ1n) is 8.16. The fraction of sp³-hybridized carbons (Fsp3) is 0.167. The van der Waals surface area contributed by atoms with Gasteiger partial charge >= 0.3 is 29.6 Å². The first-order valence-corrected chi connectivity index (χ1v) is 9.49. The van der Waals surface area contributed by atoms with Crippen molar-refractivity contribution in [2.24, 2.45) is 0 Å². The first kappa shape index (κ1) is 22.2. The summed E-state index contributed by atoms with van der Waals surface area (Å²) in [4.78, 5) is 0. The molecule has 0 spiro atoms. The van der Waals surface area contributed by atoms with Gasteiger partial charge < -0.3 is 32.2 Å². The minimum atomic E-state index is -4.99. The van der Waals surface area contributed by atoms with Gasteiger partial charge in [-0.2, -0.15) is 0 Å². The number of ether oxygens (including phenoxy) is 4. The molecule has 2 aromatic carbocycles. The van der Waals surface area contributed by atoms with Crippen LogP contribution in [-0.4, -0.2) is 39.1 Å². The number of methoxy groups -OCH3 is 2. The second kappa shape index (κ2) is 8.74. The Bertz CT molecular complexity index is 1180. The summed E-state index contributed by atoms with van der Waals surface area (Å²) in [6.07, 6.45) is 1.45. The molecule has 3 aromatic rings. The second-order valence-electron chi connectivity index (χ2n) is 5.84. The summed E-state index contributed by atoms with van der Waals surface area (Å²) < 4.78 is 64.2. The summed E-state index contributed by atoms with van der Waals surface area (Å²) >= 11 is 0. The SMILES string of the molecule is COc1ccc(-c2cnoc2-c2cc(OC)c3c(c2)OCO3)cc1OS(=O)(=O)[O-].[Na+]. The van der Waals surface area contributed by atoms with Crippen LogP contribution in [0.5, 0.6) is 28.7 Å². The molecule has 4 rings (SSSR count). The van der Waals surface area contributed by atoms with Crippen molar-refractivity contribution in [3.63, 3.8) is 0 Å². The zero-order chi connectivity index (χ0) is 20.6. The van der Waals surface area contributed by atoms with Crippen LogP contribution in [0.15, 0.2) is 41.1 Å². The van der Waals surface area contributed by atoms with Gasteiger partial charge in [-0.3, -0.25) is 0 Å². The van der Waals surface area contributed by atoms with Crippen molar-refractivity contribution in [1.82, 2.24) is 5.16 Å². The molecule has 152 valence electrons. The summed E-state index contributed by atoms with van der Waals surface area (Å²) in [5.41, 5.74) is 1.59. The number of fused-ring (bicyclic) bond motifs is 1. The van der Waals surface area contributed by atoms with E-state index in [9.17, 15) is 13.0 Å². The summed E-state index contributed by atoms with van der Waals surface area (Å²) in [6, 6.07) is 7.85. The van der Waals surface area contributed by atoms with Gasteiger partial charge in [-0.1, -0.05) is 11.2 Å². The Hall–Kier alpha value is -2.44. The fourth-order valence-electron chi connectivity index (χ4n) is 2.93. The minimum absolute atomic E-state index is 0. The van der Waals surface area contributed by atoms with E-state index in [0.29, 0.717) is 39.7 Å². The van der Waals surface area contributed by atoms with Crippen LogP contribution in [0.3, 0.4) is 0 Å². The van der Waals surface area contributed by atoms with Gasteiger partial charge in [0.05, 0.1) is 20.4 Å². The third kappa shape index (κ3) is 4.35. The maximum atomic E-state index is 11.0. The summed E-state index contributed by atoms with van der Waals surface area (Å²) in [7, 11) is -2.17. The molecule has 0 fully saturated rings. The van der Waals surface area contributed by atoms with Gasteiger partial charge in [0.15, 0.2) is 28.8 Å². The van der Waals surface area contributed by atoms with E-state index in [0.717, 1.165) is 0 Å². The number of rotatable bonds is 6. The van der Waals surface area contributed by atoms with Crippen LogP contribution in [0.2, 0.25) is 0 Å². The molecule has 1 aromatic heterocycles.